The first-order chi connectivity index (χ1) is 12.6. The van der Waals surface area contributed by atoms with Crippen LogP contribution in [0.4, 0.5) is 10.5 Å². The minimum atomic E-state index is -0.0935. The van der Waals surface area contributed by atoms with Gasteiger partial charge in [0.1, 0.15) is 0 Å². The number of hydrogen-bond acceptors (Lipinski definition) is 3. The second kappa shape index (κ2) is 7.11. The van der Waals surface area contributed by atoms with E-state index in [0.717, 1.165) is 42.5 Å². The molecule has 1 aliphatic carbocycles. The summed E-state index contributed by atoms with van der Waals surface area (Å²) in [5.74, 6) is 0.199. The van der Waals surface area contributed by atoms with E-state index in [1.165, 1.54) is 0 Å². The number of rotatable bonds is 2. The van der Waals surface area contributed by atoms with Gasteiger partial charge in [0.25, 0.3) is 0 Å². The van der Waals surface area contributed by atoms with Gasteiger partial charge in [0.15, 0.2) is 5.78 Å². The Kier molecular flexibility index (Phi) is 4.68. The molecule has 0 unspecified atom stereocenters. The van der Waals surface area contributed by atoms with Gasteiger partial charge in [-0.15, -0.1) is 0 Å². The number of urea groups is 1. The van der Waals surface area contributed by atoms with Gasteiger partial charge in [-0.25, -0.2) is 4.79 Å². The molecule has 1 fully saturated rings. The van der Waals surface area contributed by atoms with E-state index >= 15 is 0 Å². The summed E-state index contributed by atoms with van der Waals surface area (Å²) in [5, 5.41) is 7.86. The number of halogens is 1. The fraction of sp³-hybridized carbons (Fsp3) is 0.421. The molecule has 0 radical (unpaired) electrons. The summed E-state index contributed by atoms with van der Waals surface area (Å²) in [6.45, 7) is 1.36. The maximum absolute atomic E-state index is 12.6. The van der Waals surface area contributed by atoms with Crippen LogP contribution in [0.2, 0.25) is 5.02 Å². The van der Waals surface area contributed by atoms with E-state index < -0.39 is 0 Å². The SMILES string of the molecule is O=C1CCCc2cc(NC(=O)N3CCC(n4cc(Cl)cn4)CC3)ccc21. The summed E-state index contributed by atoms with van der Waals surface area (Å²) in [6, 6.07) is 5.77. The van der Waals surface area contributed by atoms with Crippen LogP contribution < -0.4 is 5.32 Å². The van der Waals surface area contributed by atoms with E-state index in [4.69, 9.17) is 11.6 Å². The number of carbonyl (C=O) groups excluding carboxylic acids is 2. The highest BCUT2D eigenvalue weighted by molar-refractivity contribution is 6.30. The van der Waals surface area contributed by atoms with Crippen molar-refractivity contribution in [2.45, 2.75) is 38.1 Å². The third-order valence-corrected chi connectivity index (χ3v) is 5.40. The van der Waals surface area contributed by atoms with Crippen molar-refractivity contribution in [1.29, 1.82) is 0 Å². The van der Waals surface area contributed by atoms with E-state index in [1.54, 1.807) is 6.20 Å². The number of Topliss-reactive ketones (excluding diaryl/α,β-unsaturated/α-hetero) is 1. The van der Waals surface area contributed by atoms with Crippen LogP contribution in [0.1, 0.15) is 47.6 Å². The second-order valence-corrected chi connectivity index (χ2v) is 7.37. The van der Waals surface area contributed by atoms with Crippen molar-refractivity contribution in [2.24, 2.45) is 0 Å². The van der Waals surface area contributed by atoms with E-state index in [1.807, 2.05) is 34.0 Å². The first-order valence-electron chi connectivity index (χ1n) is 9.02. The summed E-state index contributed by atoms with van der Waals surface area (Å²) in [4.78, 5) is 26.3. The summed E-state index contributed by atoms with van der Waals surface area (Å²) in [5.41, 5.74) is 2.59. The number of piperidine rings is 1. The maximum Gasteiger partial charge on any atom is 0.321 e. The van der Waals surface area contributed by atoms with Gasteiger partial charge in [0.05, 0.1) is 17.3 Å². The topological polar surface area (TPSA) is 67.2 Å². The highest BCUT2D eigenvalue weighted by atomic mass is 35.5. The number of anilines is 1. The van der Waals surface area contributed by atoms with Crippen molar-refractivity contribution in [3.63, 3.8) is 0 Å². The smallest absolute Gasteiger partial charge is 0.321 e. The molecule has 26 heavy (non-hydrogen) atoms. The van der Waals surface area contributed by atoms with Crippen molar-refractivity contribution in [2.75, 3.05) is 18.4 Å². The van der Waals surface area contributed by atoms with E-state index in [0.29, 0.717) is 24.5 Å². The van der Waals surface area contributed by atoms with E-state index in [2.05, 4.69) is 10.4 Å². The lowest BCUT2D eigenvalue weighted by atomic mass is 9.90. The first-order valence-corrected chi connectivity index (χ1v) is 9.39. The molecule has 1 saturated heterocycles. The zero-order valence-corrected chi connectivity index (χ0v) is 15.2. The maximum atomic E-state index is 12.6. The Morgan fingerprint density at radius 1 is 1.23 bits per heavy atom. The molecule has 136 valence electrons. The Bertz CT molecular complexity index is 840. The molecule has 7 heteroatoms. The zero-order valence-electron chi connectivity index (χ0n) is 14.4. The Morgan fingerprint density at radius 2 is 2.04 bits per heavy atom. The number of fused-ring (bicyclic) bond motifs is 1. The summed E-state index contributed by atoms with van der Waals surface area (Å²) in [6.07, 6.45) is 7.57. The number of aromatic nitrogens is 2. The van der Waals surface area contributed by atoms with Crippen LogP contribution >= 0.6 is 11.6 Å². The van der Waals surface area contributed by atoms with E-state index in [9.17, 15) is 9.59 Å². The van der Waals surface area contributed by atoms with Crippen LogP contribution in [0, 0.1) is 0 Å². The molecule has 0 atom stereocenters. The Labute approximate surface area is 157 Å². The monoisotopic (exact) mass is 372 g/mol. The van der Waals surface area contributed by atoms with Crippen molar-refractivity contribution < 1.29 is 9.59 Å². The molecule has 2 heterocycles. The number of nitrogens with zero attached hydrogens (tertiary/aromatic N) is 3. The molecular formula is C19H21ClN4O2. The number of nitrogens with one attached hydrogen (secondary N) is 1. The minimum absolute atomic E-state index is 0.0935. The largest absolute Gasteiger partial charge is 0.324 e. The summed E-state index contributed by atoms with van der Waals surface area (Å²) in [7, 11) is 0. The summed E-state index contributed by atoms with van der Waals surface area (Å²) >= 11 is 5.93. The summed E-state index contributed by atoms with van der Waals surface area (Å²) < 4.78 is 1.89. The third-order valence-electron chi connectivity index (χ3n) is 5.20. The minimum Gasteiger partial charge on any atom is -0.324 e. The van der Waals surface area contributed by atoms with Gasteiger partial charge in [0, 0.05) is 37.0 Å². The number of hydrogen-bond donors (Lipinski definition) is 1. The standard InChI is InChI=1S/C19H21ClN4O2/c20-14-11-21-24(12-14)16-6-8-23(9-7-16)19(26)22-15-4-5-17-13(10-15)2-1-3-18(17)25/h4-5,10-12,16H,1-3,6-9H2,(H,22,26). The highest BCUT2D eigenvalue weighted by Gasteiger charge is 2.25. The number of benzene rings is 1. The number of likely N-dealkylation sites (tertiary alicyclic amines) is 1. The van der Waals surface area contributed by atoms with Crippen LogP contribution in [0.25, 0.3) is 0 Å². The molecule has 2 aromatic rings. The number of amides is 2. The molecule has 0 bridgehead atoms. The highest BCUT2D eigenvalue weighted by Crippen LogP contribution is 2.26. The van der Waals surface area contributed by atoms with Crippen LogP contribution in [0.5, 0.6) is 0 Å². The van der Waals surface area contributed by atoms with E-state index in [-0.39, 0.29) is 17.9 Å². The van der Waals surface area contributed by atoms with Crippen LogP contribution in [-0.4, -0.2) is 39.6 Å². The number of aryl methyl sites for hydroxylation is 1. The predicted octanol–water partition coefficient (Wildman–Crippen LogP) is 3.92. The van der Waals surface area contributed by atoms with Gasteiger partial charge in [-0.05, 0) is 49.4 Å². The Hall–Kier alpha value is -2.34. The predicted molar refractivity (Wildman–Crippen MR) is 99.8 cm³/mol. The van der Waals surface area contributed by atoms with Gasteiger partial charge < -0.3 is 10.2 Å². The fourth-order valence-corrected chi connectivity index (χ4v) is 3.92. The molecule has 1 aliphatic heterocycles. The quantitative estimate of drug-likeness (QED) is 0.868. The molecule has 2 aliphatic rings. The molecule has 6 nitrogen and oxygen atoms in total. The normalized spacial score (nSPS) is 17.9. The van der Waals surface area contributed by atoms with Crippen LogP contribution in [-0.2, 0) is 6.42 Å². The van der Waals surface area contributed by atoms with Crippen molar-refractivity contribution >= 4 is 29.1 Å². The van der Waals surface area contributed by atoms with Crippen molar-refractivity contribution in [1.82, 2.24) is 14.7 Å². The number of ketones is 1. The van der Waals surface area contributed by atoms with Gasteiger partial charge >= 0.3 is 6.03 Å². The fourth-order valence-electron chi connectivity index (χ4n) is 3.77. The molecule has 4 rings (SSSR count). The van der Waals surface area contributed by atoms with Crippen LogP contribution in [0.3, 0.4) is 0 Å². The third kappa shape index (κ3) is 3.46. The second-order valence-electron chi connectivity index (χ2n) is 6.94. The lowest BCUT2D eigenvalue weighted by Crippen LogP contribution is -2.41. The average molecular weight is 373 g/mol. The molecule has 0 saturated carbocycles. The van der Waals surface area contributed by atoms with Gasteiger partial charge in [0.2, 0.25) is 0 Å². The Balaban J connectivity index is 1.36. The first kappa shape index (κ1) is 17.1. The molecule has 0 spiro atoms. The molecular weight excluding hydrogens is 352 g/mol. The van der Waals surface area contributed by atoms with Crippen LogP contribution in [0.15, 0.2) is 30.6 Å². The van der Waals surface area contributed by atoms with Crippen molar-refractivity contribution in [3.05, 3.63) is 46.7 Å². The molecule has 1 N–H and O–H groups in total. The lowest BCUT2D eigenvalue weighted by Gasteiger charge is -2.32. The van der Waals surface area contributed by atoms with Crippen molar-refractivity contribution in [3.8, 4) is 0 Å². The molecule has 2 amide bonds. The molecule has 1 aromatic heterocycles. The zero-order chi connectivity index (χ0) is 18.1. The van der Waals surface area contributed by atoms with Gasteiger partial charge in [-0.1, -0.05) is 11.6 Å². The number of carbonyl (C=O) groups is 2. The molecule has 1 aromatic carbocycles. The lowest BCUT2D eigenvalue weighted by molar-refractivity contribution is 0.0972. The Morgan fingerprint density at radius 3 is 2.77 bits per heavy atom. The van der Waals surface area contributed by atoms with Gasteiger partial charge in [-0.2, -0.15) is 5.10 Å². The average Bonchev–Trinajstić information content (AvgIpc) is 3.08. The van der Waals surface area contributed by atoms with Gasteiger partial charge in [-0.3, -0.25) is 9.48 Å².